The summed E-state index contributed by atoms with van der Waals surface area (Å²) < 4.78 is 19.7. The Morgan fingerprint density at radius 3 is 2.11 bits per heavy atom. The maximum Gasteiger partial charge on any atom is 0.193 e. The SMILES string of the molecule is Cc1ccc(-n2nnc(-c3ccccc3)c2N=S(C)(=O)c2ccccc2)cc1. The van der Waals surface area contributed by atoms with E-state index in [1.165, 1.54) is 0 Å². The van der Waals surface area contributed by atoms with Crippen molar-refractivity contribution in [2.45, 2.75) is 11.8 Å². The van der Waals surface area contributed by atoms with Gasteiger partial charge in [-0.1, -0.05) is 71.4 Å². The van der Waals surface area contributed by atoms with Gasteiger partial charge < -0.3 is 0 Å². The number of hydrogen-bond donors (Lipinski definition) is 0. The molecule has 4 rings (SSSR count). The molecule has 0 N–H and O–H groups in total. The fraction of sp³-hybridized carbons (Fsp3) is 0.0909. The average Bonchev–Trinajstić information content (AvgIpc) is 3.13. The highest BCUT2D eigenvalue weighted by molar-refractivity contribution is 7.93. The van der Waals surface area contributed by atoms with E-state index in [9.17, 15) is 4.21 Å². The highest BCUT2D eigenvalue weighted by atomic mass is 32.2. The minimum absolute atomic E-state index is 0.478. The minimum Gasteiger partial charge on any atom is -0.245 e. The molecule has 1 unspecified atom stereocenters. The Bertz CT molecular complexity index is 1210. The highest BCUT2D eigenvalue weighted by Gasteiger charge is 2.18. The summed E-state index contributed by atoms with van der Waals surface area (Å²) in [4.78, 5) is 0.672. The van der Waals surface area contributed by atoms with Crippen LogP contribution in [-0.2, 0) is 9.73 Å². The summed E-state index contributed by atoms with van der Waals surface area (Å²) in [5.41, 5.74) is 3.45. The molecule has 6 heteroatoms. The van der Waals surface area contributed by atoms with E-state index in [1.807, 2.05) is 91.9 Å². The van der Waals surface area contributed by atoms with Gasteiger partial charge in [-0.05, 0) is 31.2 Å². The van der Waals surface area contributed by atoms with E-state index in [2.05, 4.69) is 14.7 Å². The fourth-order valence-corrected chi connectivity index (χ4v) is 4.15. The van der Waals surface area contributed by atoms with Crippen molar-refractivity contribution >= 4 is 15.5 Å². The van der Waals surface area contributed by atoms with Gasteiger partial charge in [0.2, 0.25) is 0 Å². The van der Waals surface area contributed by atoms with Gasteiger partial charge in [0, 0.05) is 16.7 Å². The van der Waals surface area contributed by atoms with E-state index in [4.69, 9.17) is 0 Å². The molecule has 140 valence electrons. The third-order valence-corrected chi connectivity index (χ3v) is 6.08. The lowest BCUT2D eigenvalue weighted by molar-refractivity contribution is 0.680. The van der Waals surface area contributed by atoms with Crippen LogP contribution < -0.4 is 0 Å². The highest BCUT2D eigenvalue weighted by Crippen LogP contribution is 2.32. The van der Waals surface area contributed by atoms with Crippen LogP contribution >= 0.6 is 0 Å². The van der Waals surface area contributed by atoms with Crippen molar-refractivity contribution in [1.29, 1.82) is 0 Å². The van der Waals surface area contributed by atoms with E-state index >= 15 is 0 Å². The average molecular weight is 388 g/mol. The zero-order valence-electron chi connectivity index (χ0n) is 15.7. The Morgan fingerprint density at radius 2 is 1.46 bits per heavy atom. The lowest BCUT2D eigenvalue weighted by atomic mass is 10.1. The van der Waals surface area contributed by atoms with Gasteiger partial charge in [0.15, 0.2) is 5.82 Å². The first-order chi connectivity index (χ1) is 13.5. The summed E-state index contributed by atoms with van der Waals surface area (Å²) in [6.45, 7) is 2.03. The van der Waals surface area contributed by atoms with Crippen LogP contribution in [0.1, 0.15) is 5.56 Å². The van der Waals surface area contributed by atoms with Gasteiger partial charge in [-0.3, -0.25) is 0 Å². The Balaban J connectivity index is 1.95. The fourth-order valence-electron chi connectivity index (χ4n) is 2.89. The van der Waals surface area contributed by atoms with Crippen molar-refractivity contribution in [2.75, 3.05) is 6.26 Å². The second kappa shape index (κ2) is 7.40. The first-order valence-electron chi connectivity index (χ1n) is 8.90. The molecule has 28 heavy (non-hydrogen) atoms. The van der Waals surface area contributed by atoms with Crippen LogP contribution in [0.3, 0.4) is 0 Å². The lowest BCUT2D eigenvalue weighted by Crippen LogP contribution is -2.00. The molecular weight excluding hydrogens is 368 g/mol. The van der Waals surface area contributed by atoms with Crippen molar-refractivity contribution in [3.05, 3.63) is 90.5 Å². The third-order valence-electron chi connectivity index (χ3n) is 4.41. The molecular formula is C22H20N4OS. The normalized spacial score (nSPS) is 13.1. The largest absolute Gasteiger partial charge is 0.245 e. The van der Waals surface area contributed by atoms with Crippen LogP contribution in [0.4, 0.5) is 5.82 Å². The van der Waals surface area contributed by atoms with Gasteiger partial charge in [-0.25, -0.2) is 4.21 Å². The molecule has 1 atom stereocenters. The Hall–Kier alpha value is -3.25. The Labute approximate surface area is 164 Å². The number of aryl methyl sites for hydroxylation is 1. The quantitative estimate of drug-likeness (QED) is 0.492. The standard InChI is InChI=1S/C22H20N4OS/c1-17-13-15-19(16-14-17)26-22(21(23-25-26)18-9-5-3-6-10-18)24-28(2,27)20-11-7-4-8-12-20/h3-16H,1-2H3. The molecule has 0 spiro atoms. The Kier molecular flexibility index (Phi) is 4.79. The second-order valence-electron chi connectivity index (χ2n) is 6.58. The van der Waals surface area contributed by atoms with Crippen molar-refractivity contribution < 1.29 is 4.21 Å². The van der Waals surface area contributed by atoms with E-state index in [-0.39, 0.29) is 0 Å². The molecule has 0 aliphatic heterocycles. The molecule has 3 aromatic carbocycles. The molecule has 0 bridgehead atoms. The minimum atomic E-state index is -2.68. The van der Waals surface area contributed by atoms with Gasteiger partial charge >= 0.3 is 0 Å². The molecule has 0 aliphatic carbocycles. The molecule has 0 aliphatic rings. The monoisotopic (exact) mass is 388 g/mol. The van der Waals surface area contributed by atoms with E-state index < -0.39 is 9.73 Å². The van der Waals surface area contributed by atoms with Gasteiger partial charge in [0.25, 0.3) is 0 Å². The number of hydrogen-bond acceptors (Lipinski definition) is 4. The van der Waals surface area contributed by atoms with Crippen molar-refractivity contribution in [1.82, 2.24) is 15.0 Å². The van der Waals surface area contributed by atoms with Crippen molar-refractivity contribution in [2.24, 2.45) is 4.36 Å². The van der Waals surface area contributed by atoms with Crippen molar-refractivity contribution in [3.63, 3.8) is 0 Å². The van der Waals surface area contributed by atoms with Crippen LogP contribution in [0.25, 0.3) is 16.9 Å². The lowest BCUT2D eigenvalue weighted by Gasteiger charge is -2.08. The molecule has 0 amide bonds. The zero-order chi connectivity index (χ0) is 19.6. The molecule has 1 aromatic heterocycles. The van der Waals surface area contributed by atoms with E-state index in [0.29, 0.717) is 16.4 Å². The van der Waals surface area contributed by atoms with Crippen LogP contribution in [0, 0.1) is 6.92 Å². The molecule has 0 radical (unpaired) electrons. The van der Waals surface area contributed by atoms with Gasteiger partial charge in [0.1, 0.15) is 5.69 Å². The van der Waals surface area contributed by atoms with Crippen LogP contribution in [0.5, 0.6) is 0 Å². The maximum atomic E-state index is 13.4. The molecule has 0 saturated heterocycles. The summed E-state index contributed by atoms with van der Waals surface area (Å²) in [5.74, 6) is 0.478. The number of rotatable bonds is 4. The predicted molar refractivity (Wildman–Crippen MR) is 112 cm³/mol. The number of aromatic nitrogens is 3. The maximum absolute atomic E-state index is 13.4. The molecule has 0 saturated carbocycles. The first kappa shape index (κ1) is 18.1. The third kappa shape index (κ3) is 3.59. The molecule has 5 nitrogen and oxygen atoms in total. The first-order valence-corrected chi connectivity index (χ1v) is 10.8. The topological polar surface area (TPSA) is 60.1 Å². The molecule has 0 fully saturated rings. The summed E-state index contributed by atoms with van der Waals surface area (Å²) in [6, 6.07) is 26.9. The smallest absolute Gasteiger partial charge is 0.193 e. The summed E-state index contributed by atoms with van der Waals surface area (Å²) in [7, 11) is -2.68. The van der Waals surface area contributed by atoms with Crippen LogP contribution in [0.2, 0.25) is 0 Å². The number of benzene rings is 3. The van der Waals surface area contributed by atoms with Gasteiger partial charge in [-0.15, -0.1) is 5.10 Å². The molecule has 4 aromatic rings. The van der Waals surface area contributed by atoms with Gasteiger partial charge in [0.05, 0.1) is 15.4 Å². The zero-order valence-corrected chi connectivity index (χ0v) is 16.5. The second-order valence-corrected chi connectivity index (χ2v) is 8.84. The Morgan fingerprint density at radius 1 is 0.857 bits per heavy atom. The summed E-state index contributed by atoms with van der Waals surface area (Å²) in [5, 5.41) is 8.67. The summed E-state index contributed by atoms with van der Waals surface area (Å²) in [6.07, 6.45) is 1.64. The summed E-state index contributed by atoms with van der Waals surface area (Å²) >= 11 is 0. The van der Waals surface area contributed by atoms with Crippen LogP contribution in [0.15, 0.2) is 94.2 Å². The number of nitrogens with zero attached hydrogens (tertiary/aromatic N) is 4. The van der Waals surface area contributed by atoms with Crippen molar-refractivity contribution in [3.8, 4) is 16.9 Å². The van der Waals surface area contributed by atoms with E-state index in [1.54, 1.807) is 10.9 Å². The predicted octanol–water partition coefficient (Wildman–Crippen LogP) is 5.03. The van der Waals surface area contributed by atoms with E-state index in [0.717, 1.165) is 16.8 Å². The molecule has 1 heterocycles. The van der Waals surface area contributed by atoms with Crippen LogP contribution in [-0.4, -0.2) is 25.5 Å². The van der Waals surface area contributed by atoms with Gasteiger partial charge in [-0.2, -0.15) is 9.04 Å².